The predicted octanol–water partition coefficient (Wildman–Crippen LogP) is 7.32. The molecular formula is C23H17FIN3S. The van der Waals surface area contributed by atoms with Crippen LogP contribution in [0.3, 0.4) is 0 Å². The molecule has 6 heteroatoms. The first-order chi connectivity index (χ1) is 14.0. The van der Waals surface area contributed by atoms with Crippen LogP contribution in [0.15, 0.2) is 60.7 Å². The number of hydrogen-bond acceptors (Lipinski definition) is 3. The highest BCUT2D eigenvalue weighted by Gasteiger charge is 2.21. The number of nitrogens with one attached hydrogen (secondary N) is 1. The lowest BCUT2D eigenvalue weighted by molar-refractivity contribution is 0.630. The molecule has 29 heavy (non-hydrogen) atoms. The van der Waals surface area contributed by atoms with E-state index in [0.717, 1.165) is 41.4 Å². The van der Waals surface area contributed by atoms with Crippen LogP contribution in [0.1, 0.15) is 11.1 Å². The van der Waals surface area contributed by atoms with Crippen molar-refractivity contribution in [2.45, 2.75) is 13.8 Å². The number of imidazole rings is 1. The Labute approximate surface area is 185 Å². The number of para-hydroxylation sites is 2. The van der Waals surface area contributed by atoms with Crippen molar-refractivity contribution in [2.75, 3.05) is 5.32 Å². The second kappa shape index (κ2) is 7.11. The monoisotopic (exact) mass is 513 g/mol. The Bertz CT molecular complexity index is 1370. The molecule has 0 aliphatic rings. The van der Waals surface area contributed by atoms with Crippen molar-refractivity contribution in [3.05, 3.63) is 81.2 Å². The summed E-state index contributed by atoms with van der Waals surface area (Å²) >= 11 is 3.93. The van der Waals surface area contributed by atoms with Gasteiger partial charge in [0.2, 0.25) is 0 Å². The topological polar surface area (TPSA) is 29.3 Å². The molecule has 0 radical (unpaired) electrons. The van der Waals surface area contributed by atoms with Gasteiger partial charge in [-0.3, -0.25) is 4.40 Å². The van der Waals surface area contributed by atoms with Gasteiger partial charge in [0.1, 0.15) is 17.3 Å². The van der Waals surface area contributed by atoms with E-state index < -0.39 is 0 Å². The molecule has 0 atom stereocenters. The summed E-state index contributed by atoms with van der Waals surface area (Å²) in [7, 11) is 0. The summed E-state index contributed by atoms with van der Waals surface area (Å²) < 4.78 is 19.2. The Morgan fingerprint density at radius 3 is 2.69 bits per heavy atom. The van der Waals surface area contributed by atoms with Crippen LogP contribution in [-0.4, -0.2) is 9.38 Å². The fourth-order valence-electron chi connectivity index (χ4n) is 3.55. The maximum absolute atomic E-state index is 14.8. The highest BCUT2D eigenvalue weighted by atomic mass is 127. The third kappa shape index (κ3) is 3.11. The summed E-state index contributed by atoms with van der Waals surface area (Å²) in [5.41, 5.74) is 5.34. The predicted molar refractivity (Wildman–Crippen MR) is 128 cm³/mol. The standard InChI is InChI=1S/C23H17FIN3S/c1-13-10-11-16(24)15(12-13)21-22(26-20-14(2)6-5-7-17(20)25)28-18-8-3-4-9-19(18)29-23(28)27-21/h3-12,26H,1-2H3. The number of halogens is 2. The molecule has 0 spiro atoms. The number of aromatic nitrogens is 2. The smallest absolute Gasteiger partial charge is 0.197 e. The number of thiazole rings is 1. The molecule has 0 fully saturated rings. The normalized spacial score (nSPS) is 11.4. The zero-order chi connectivity index (χ0) is 20.1. The van der Waals surface area contributed by atoms with Gasteiger partial charge in [0, 0.05) is 9.13 Å². The second-order valence-corrected chi connectivity index (χ2v) is 9.21. The highest BCUT2D eigenvalue weighted by Crippen LogP contribution is 2.39. The zero-order valence-electron chi connectivity index (χ0n) is 15.8. The molecule has 0 unspecified atom stereocenters. The van der Waals surface area contributed by atoms with E-state index in [-0.39, 0.29) is 5.82 Å². The Balaban J connectivity index is 1.84. The third-order valence-electron chi connectivity index (χ3n) is 5.00. The third-order valence-corrected chi connectivity index (χ3v) is 6.92. The van der Waals surface area contributed by atoms with E-state index in [1.165, 1.54) is 6.07 Å². The molecule has 0 aliphatic carbocycles. The first-order valence-electron chi connectivity index (χ1n) is 9.21. The number of aryl methyl sites for hydroxylation is 2. The van der Waals surface area contributed by atoms with E-state index in [0.29, 0.717) is 11.3 Å². The van der Waals surface area contributed by atoms with Gasteiger partial charge in [-0.1, -0.05) is 47.2 Å². The fourth-order valence-corrected chi connectivity index (χ4v) is 5.34. The number of rotatable bonds is 3. The SMILES string of the molecule is Cc1ccc(F)c(-c2nc3sc4ccccc4n3c2Nc2c(C)cccc2I)c1. The quantitative estimate of drug-likeness (QED) is 0.256. The van der Waals surface area contributed by atoms with E-state index >= 15 is 0 Å². The molecule has 2 heterocycles. The van der Waals surface area contributed by atoms with Gasteiger partial charge in [-0.2, -0.15) is 0 Å². The molecule has 5 rings (SSSR count). The maximum atomic E-state index is 14.8. The number of fused-ring (bicyclic) bond motifs is 3. The fraction of sp³-hybridized carbons (Fsp3) is 0.0870. The van der Waals surface area contributed by atoms with Gasteiger partial charge in [-0.05, 0) is 72.3 Å². The molecular weight excluding hydrogens is 496 g/mol. The van der Waals surface area contributed by atoms with Gasteiger partial charge in [0.25, 0.3) is 0 Å². The molecule has 0 saturated heterocycles. The van der Waals surface area contributed by atoms with Crippen molar-refractivity contribution >= 4 is 60.6 Å². The highest BCUT2D eigenvalue weighted by molar-refractivity contribution is 14.1. The molecule has 144 valence electrons. The van der Waals surface area contributed by atoms with E-state index in [9.17, 15) is 4.39 Å². The Morgan fingerprint density at radius 1 is 1.03 bits per heavy atom. The summed E-state index contributed by atoms with van der Waals surface area (Å²) in [5, 5.41) is 3.59. The average molecular weight is 513 g/mol. The lowest BCUT2D eigenvalue weighted by Gasteiger charge is -2.13. The largest absolute Gasteiger partial charge is 0.338 e. The van der Waals surface area contributed by atoms with E-state index in [1.807, 2.05) is 31.2 Å². The number of anilines is 2. The van der Waals surface area contributed by atoms with Crippen LogP contribution < -0.4 is 5.32 Å². The van der Waals surface area contributed by atoms with Crippen LogP contribution >= 0.6 is 33.9 Å². The van der Waals surface area contributed by atoms with Gasteiger partial charge in [-0.15, -0.1) is 0 Å². The molecule has 0 bridgehead atoms. The Morgan fingerprint density at radius 2 is 1.86 bits per heavy atom. The maximum Gasteiger partial charge on any atom is 0.197 e. The van der Waals surface area contributed by atoms with E-state index in [4.69, 9.17) is 4.98 Å². The minimum atomic E-state index is -0.270. The van der Waals surface area contributed by atoms with Crippen LogP contribution in [0.25, 0.3) is 26.4 Å². The molecule has 3 nitrogen and oxygen atoms in total. The molecule has 0 amide bonds. The summed E-state index contributed by atoms with van der Waals surface area (Å²) in [4.78, 5) is 5.70. The number of nitrogens with zero attached hydrogens (tertiary/aromatic N) is 2. The first kappa shape index (κ1) is 18.6. The van der Waals surface area contributed by atoms with Crippen LogP contribution in [0, 0.1) is 23.2 Å². The zero-order valence-corrected chi connectivity index (χ0v) is 18.8. The van der Waals surface area contributed by atoms with Crippen molar-refractivity contribution < 1.29 is 4.39 Å². The molecule has 2 aromatic heterocycles. The molecule has 0 aliphatic heterocycles. The van der Waals surface area contributed by atoms with Gasteiger partial charge in [-0.25, -0.2) is 9.37 Å². The summed E-state index contributed by atoms with van der Waals surface area (Å²) in [6.45, 7) is 4.04. The summed E-state index contributed by atoms with van der Waals surface area (Å²) in [6.07, 6.45) is 0. The average Bonchev–Trinajstić information content (AvgIpc) is 3.23. The number of benzene rings is 3. The van der Waals surface area contributed by atoms with Crippen molar-refractivity contribution in [3.63, 3.8) is 0 Å². The van der Waals surface area contributed by atoms with Gasteiger partial charge >= 0.3 is 0 Å². The van der Waals surface area contributed by atoms with Gasteiger partial charge in [0.05, 0.1) is 15.9 Å². The van der Waals surface area contributed by atoms with Crippen molar-refractivity contribution in [1.82, 2.24) is 9.38 Å². The van der Waals surface area contributed by atoms with E-state index in [2.05, 4.69) is 63.5 Å². The second-order valence-electron chi connectivity index (χ2n) is 7.04. The van der Waals surface area contributed by atoms with Crippen LogP contribution in [0.4, 0.5) is 15.9 Å². The first-order valence-corrected chi connectivity index (χ1v) is 11.1. The molecule has 1 N–H and O–H groups in total. The Hall–Kier alpha value is -2.45. The lowest BCUT2D eigenvalue weighted by Crippen LogP contribution is -2.01. The minimum absolute atomic E-state index is 0.270. The van der Waals surface area contributed by atoms with Crippen LogP contribution in [-0.2, 0) is 0 Å². The van der Waals surface area contributed by atoms with Gasteiger partial charge < -0.3 is 5.32 Å². The summed E-state index contributed by atoms with van der Waals surface area (Å²) in [5.74, 6) is 0.516. The van der Waals surface area contributed by atoms with Gasteiger partial charge in [0.15, 0.2) is 4.96 Å². The minimum Gasteiger partial charge on any atom is -0.338 e. The molecule has 5 aromatic rings. The molecule has 3 aromatic carbocycles. The Kier molecular flexibility index (Phi) is 4.55. The molecule has 0 saturated carbocycles. The van der Waals surface area contributed by atoms with Crippen LogP contribution in [0.2, 0.25) is 0 Å². The summed E-state index contributed by atoms with van der Waals surface area (Å²) in [6, 6.07) is 19.5. The van der Waals surface area contributed by atoms with Crippen molar-refractivity contribution in [2.24, 2.45) is 0 Å². The van der Waals surface area contributed by atoms with Crippen molar-refractivity contribution in [1.29, 1.82) is 0 Å². The van der Waals surface area contributed by atoms with Crippen molar-refractivity contribution in [3.8, 4) is 11.3 Å². The van der Waals surface area contributed by atoms with E-state index in [1.54, 1.807) is 17.4 Å². The van der Waals surface area contributed by atoms with Crippen LogP contribution in [0.5, 0.6) is 0 Å². The number of hydrogen-bond donors (Lipinski definition) is 1. The lowest BCUT2D eigenvalue weighted by atomic mass is 10.1.